The van der Waals surface area contributed by atoms with E-state index in [2.05, 4.69) is 4.98 Å². The molecule has 1 aromatic rings. The van der Waals surface area contributed by atoms with Crippen molar-refractivity contribution in [2.24, 2.45) is 11.3 Å². The van der Waals surface area contributed by atoms with E-state index in [4.69, 9.17) is 0 Å². The second-order valence-electron chi connectivity index (χ2n) is 7.61. The molecule has 1 spiro atoms. The summed E-state index contributed by atoms with van der Waals surface area (Å²) in [6.45, 7) is 2.54. The smallest absolute Gasteiger partial charge is 0.229 e. The number of pyridine rings is 1. The van der Waals surface area contributed by atoms with E-state index >= 15 is 0 Å². The second kappa shape index (κ2) is 5.99. The topological polar surface area (TPSA) is 56.7 Å². The largest absolute Gasteiger partial charge is 0.391 e. The van der Waals surface area contributed by atoms with E-state index in [1.165, 1.54) is 19.0 Å². The van der Waals surface area contributed by atoms with Gasteiger partial charge in [-0.15, -0.1) is 0 Å². The number of piperidine rings is 2. The van der Waals surface area contributed by atoms with Gasteiger partial charge in [0.05, 0.1) is 23.4 Å². The molecule has 4 rings (SSSR count). The molecular weight excluding hydrogens is 309 g/mol. The molecule has 6 heteroatoms. The van der Waals surface area contributed by atoms with Gasteiger partial charge in [0, 0.05) is 32.4 Å². The molecule has 0 bridgehead atoms. The van der Waals surface area contributed by atoms with Gasteiger partial charge in [0.25, 0.3) is 0 Å². The standard InChI is InChI=1S/C18H24FN3O2/c19-15-10-20-6-3-16(15)21-7-4-18(5-8-21)9-14(23)12-22(17(18)24)11-13-1-2-13/h3,6,10,13-14,23H,1-2,4-5,7-9,11-12H2. The van der Waals surface area contributed by atoms with Crippen LogP contribution in [0, 0.1) is 17.2 Å². The number of hydrogen-bond donors (Lipinski definition) is 1. The lowest BCUT2D eigenvalue weighted by Crippen LogP contribution is -2.58. The van der Waals surface area contributed by atoms with Gasteiger partial charge in [-0.05, 0) is 44.1 Å². The number of β-amino-alcohol motifs (C(OH)–C–C–N with tert-alkyl or cyclic N) is 1. The molecule has 3 heterocycles. The Morgan fingerprint density at radius 3 is 2.75 bits per heavy atom. The van der Waals surface area contributed by atoms with Crippen LogP contribution in [0.25, 0.3) is 0 Å². The number of amides is 1. The molecule has 1 N–H and O–H groups in total. The summed E-state index contributed by atoms with van der Waals surface area (Å²) in [5, 5.41) is 10.3. The number of aliphatic hydroxyl groups is 1. The fraction of sp³-hybridized carbons (Fsp3) is 0.667. The Kier molecular flexibility index (Phi) is 3.95. The lowest BCUT2D eigenvalue weighted by molar-refractivity contribution is -0.154. The molecule has 1 atom stereocenters. The van der Waals surface area contributed by atoms with Crippen molar-refractivity contribution in [2.75, 3.05) is 31.1 Å². The van der Waals surface area contributed by atoms with E-state index in [1.807, 2.05) is 9.80 Å². The number of aliphatic hydroxyl groups excluding tert-OH is 1. The van der Waals surface area contributed by atoms with Crippen molar-refractivity contribution in [3.05, 3.63) is 24.3 Å². The lowest BCUT2D eigenvalue weighted by Gasteiger charge is -2.48. The highest BCUT2D eigenvalue weighted by atomic mass is 19.1. The van der Waals surface area contributed by atoms with Gasteiger partial charge in [0.2, 0.25) is 5.91 Å². The van der Waals surface area contributed by atoms with Crippen molar-refractivity contribution in [3.8, 4) is 0 Å². The van der Waals surface area contributed by atoms with Crippen LogP contribution in [-0.4, -0.2) is 53.2 Å². The van der Waals surface area contributed by atoms with Crippen LogP contribution in [0.15, 0.2) is 18.5 Å². The first kappa shape index (κ1) is 15.8. The minimum atomic E-state index is -0.466. The molecule has 5 nitrogen and oxygen atoms in total. The average molecular weight is 333 g/mol. The molecule has 2 saturated heterocycles. The van der Waals surface area contributed by atoms with Gasteiger partial charge in [0.15, 0.2) is 5.82 Å². The maximum Gasteiger partial charge on any atom is 0.229 e. The molecule has 1 aromatic heterocycles. The highest BCUT2D eigenvalue weighted by Gasteiger charge is 2.49. The van der Waals surface area contributed by atoms with Gasteiger partial charge in [-0.3, -0.25) is 9.78 Å². The number of anilines is 1. The molecule has 0 aromatic carbocycles. The highest BCUT2D eigenvalue weighted by molar-refractivity contribution is 5.84. The minimum Gasteiger partial charge on any atom is -0.391 e. The molecule has 1 saturated carbocycles. The minimum absolute atomic E-state index is 0.203. The SMILES string of the molecule is O=C1N(CC2CC2)CC(O)CC12CCN(c1ccncc1F)CC2. The third kappa shape index (κ3) is 2.88. The summed E-state index contributed by atoms with van der Waals surface area (Å²) < 4.78 is 13.9. The normalized spacial score (nSPS) is 26.9. The van der Waals surface area contributed by atoms with Crippen molar-refractivity contribution in [3.63, 3.8) is 0 Å². The van der Waals surface area contributed by atoms with Crippen LogP contribution in [0.3, 0.4) is 0 Å². The van der Waals surface area contributed by atoms with Crippen LogP contribution < -0.4 is 4.90 Å². The number of likely N-dealkylation sites (tertiary alicyclic amines) is 1. The lowest BCUT2D eigenvalue weighted by atomic mass is 9.70. The predicted molar refractivity (Wildman–Crippen MR) is 88.0 cm³/mol. The van der Waals surface area contributed by atoms with Crippen molar-refractivity contribution in [2.45, 2.75) is 38.2 Å². The Labute approximate surface area is 141 Å². The maximum absolute atomic E-state index is 13.9. The monoisotopic (exact) mass is 333 g/mol. The first-order valence-corrected chi connectivity index (χ1v) is 8.89. The third-order valence-electron chi connectivity index (χ3n) is 5.79. The van der Waals surface area contributed by atoms with Crippen LogP contribution in [0.2, 0.25) is 0 Å². The summed E-state index contributed by atoms with van der Waals surface area (Å²) in [6, 6.07) is 1.68. The summed E-state index contributed by atoms with van der Waals surface area (Å²) in [6.07, 6.45) is 6.66. The quantitative estimate of drug-likeness (QED) is 0.917. The Morgan fingerprint density at radius 1 is 1.33 bits per heavy atom. The first-order chi connectivity index (χ1) is 11.6. The van der Waals surface area contributed by atoms with E-state index in [0.29, 0.717) is 50.5 Å². The molecule has 3 aliphatic rings. The van der Waals surface area contributed by atoms with Crippen molar-refractivity contribution in [1.82, 2.24) is 9.88 Å². The van der Waals surface area contributed by atoms with Crippen LogP contribution in [-0.2, 0) is 4.79 Å². The first-order valence-electron chi connectivity index (χ1n) is 8.89. The number of rotatable bonds is 3. The molecule has 24 heavy (non-hydrogen) atoms. The van der Waals surface area contributed by atoms with Gasteiger partial charge in [-0.25, -0.2) is 4.39 Å². The molecule has 130 valence electrons. The summed E-state index contributed by atoms with van der Waals surface area (Å²) in [4.78, 5) is 20.7. The van der Waals surface area contributed by atoms with Crippen LogP contribution in [0.1, 0.15) is 32.1 Å². The number of hydrogen-bond acceptors (Lipinski definition) is 4. The van der Waals surface area contributed by atoms with E-state index < -0.39 is 11.5 Å². The molecule has 3 fully saturated rings. The van der Waals surface area contributed by atoms with Gasteiger partial charge >= 0.3 is 0 Å². The van der Waals surface area contributed by atoms with E-state index in [-0.39, 0.29) is 11.7 Å². The van der Waals surface area contributed by atoms with E-state index in [0.717, 1.165) is 6.54 Å². The number of nitrogens with zero attached hydrogens (tertiary/aromatic N) is 3. The van der Waals surface area contributed by atoms with Crippen LogP contribution >= 0.6 is 0 Å². The summed E-state index contributed by atoms with van der Waals surface area (Å²) in [5.41, 5.74) is 0.0884. The fourth-order valence-electron chi connectivity index (χ4n) is 4.26. The highest BCUT2D eigenvalue weighted by Crippen LogP contribution is 2.43. The maximum atomic E-state index is 13.9. The zero-order valence-electron chi connectivity index (χ0n) is 13.8. The van der Waals surface area contributed by atoms with Gasteiger partial charge in [-0.2, -0.15) is 0 Å². The Hall–Kier alpha value is -1.69. The number of carbonyl (C=O) groups is 1. The van der Waals surface area contributed by atoms with Gasteiger partial charge in [0.1, 0.15) is 0 Å². The van der Waals surface area contributed by atoms with Gasteiger partial charge < -0.3 is 14.9 Å². The Balaban J connectivity index is 1.48. The van der Waals surface area contributed by atoms with Gasteiger partial charge in [-0.1, -0.05) is 0 Å². The summed E-state index contributed by atoms with van der Waals surface area (Å²) >= 11 is 0. The Bertz CT molecular complexity index is 624. The van der Waals surface area contributed by atoms with Crippen molar-refractivity contribution >= 4 is 11.6 Å². The number of aromatic nitrogens is 1. The third-order valence-corrected chi connectivity index (χ3v) is 5.79. The molecule has 0 radical (unpaired) electrons. The molecule has 2 aliphatic heterocycles. The average Bonchev–Trinajstić information content (AvgIpc) is 3.38. The van der Waals surface area contributed by atoms with E-state index in [9.17, 15) is 14.3 Å². The molecular formula is C18H24FN3O2. The zero-order valence-corrected chi connectivity index (χ0v) is 13.8. The number of carbonyl (C=O) groups excluding carboxylic acids is 1. The molecule has 1 amide bonds. The number of halogens is 1. The second-order valence-corrected chi connectivity index (χ2v) is 7.61. The fourth-order valence-corrected chi connectivity index (χ4v) is 4.26. The molecule has 1 unspecified atom stereocenters. The summed E-state index contributed by atoms with van der Waals surface area (Å²) in [5.74, 6) is 0.510. The van der Waals surface area contributed by atoms with Crippen molar-refractivity contribution in [1.29, 1.82) is 0 Å². The zero-order chi connectivity index (χ0) is 16.7. The van der Waals surface area contributed by atoms with Crippen LogP contribution in [0.4, 0.5) is 10.1 Å². The van der Waals surface area contributed by atoms with E-state index in [1.54, 1.807) is 12.3 Å². The molecule has 1 aliphatic carbocycles. The van der Waals surface area contributed by atoms with Crippen molar-refractivity contribution < 1.29 is 14.3 Å². The van der Waals surface area contributed by atoms with Crippen LogP contribution in [0.5, 0.6) is 0 Å². The summed E-state index contributed by atoms with van der Waals surface area (Å²) in [7, 11) is 0. The predicted octanol–water partition coefficient (Wildman–Crippen LogP) is 1.81. The Morgan fingerprint density at radius 2 is 2.08 bits per heavy atom.